The Morgan fingerprint density at radius 2 is 1.91 bits per heavy atom. The highest BCUT2D eigenvalue weighted by molar-refractivity contribution is 7.89. The Morgan fingerprint density at radius 1 is 1.26 bits per heavy atom. The molecule has 1 N–H and O–H groups in total. The van der Waals surface area contributed by atoms with Crippen LogP contribution in [0.25, 0.3) is 0 Å². The first-order chi connectivity index (χ1) is 10.7. The standard InChI is InChI=1S/C14H18N4O4S/c1-10-8-15-17(9-10)7-6-16-23(21,22)14-12(3)5-4-11(2)13(14)18(19)20/h4-5,8-9,16H,6-7H2,1-3H3. The summed E-state index contributed by atoms with van der Waals surface area (Å²) < 4.78 is 29.0. The minimum Gasteiger partial charge on any atom is -0.271 e. The summed E-state index contributed by atoms with van der Waals surface area (Å²) in [7, 11) is -3.99. The number of nitrogens with one attached hydrogen (secondary N) is 1. The van der Waals surface area contributed by atoms with Gasteiger partial charge in [-0.3, -0.25) is 14.8 Å². The number of rotatable bonds is 6. The van der Waals surface area contributed by atoms with E-state index < -0.39 is 14.9 Å². The van der Waals surface area contributed by atoms with Crippen molar-refractivity contribution < 1.29 is 13.3 Å². The molecule has 1 heterocycles. The first-order valence-corrected chi connectivity index (χ1v) is 8.44. The van der Waals surface area contributed by atoms with Gasteiger partial charge in [-0.05, 0) is 31.9 Å². The van der Waals surface area contributed by atoms with E-state index in [1.165, 1.54) is 13.8 Å². The van der Waals surface area contributed by atoms with Crippen molar-refractivity contribution in [2.75, 3.05) is 6.54 Å². The second kappa shape index (κ2) is 6.47. The van der Waals surface area contributed by atoms with Gasteiger partial charge in [0.25, 0.3) is 5.69 Å². The molecule has 1 aromatic carbocycles. The van der Waals surface area contributed by atoms with Crippen LogP contribution in [-0.2, 0) is 16.6 Å². The van der Waals surface area contributed by atoms with Crippen molar-refractivity contribution in [2.45, 2.75) is 32.2 Å². The third kappa shape index (κ3) is 3.74. The number of hydrogen-bond acceptors (Lipinski definition) is 5. The Bertz CT molecular complexity index is 842. The molecule has 0 saturated carbocycles. The Morgan fingerprint density at radius 3 is 2.48 bits per heavy atom. The number of nitro groups is 1. The molecule has 0 aliphatic heterocycles. The zero-order valence-corrected chi connectivity index (χ0v) is 13.9. The van der Waals surface area contributed by atoms with E-state index in [1.54, 1.807) is 29.2 Å². The number of aromatic nitrogens is 2. The summed E-state index contributed by atoms with van der Waals surface area (Å²) in [4.78, 5) is 10.3. The summed E-state index contributed by atoms with van der Waals surface area (Å²) in [5.41, 5.74) is 1.24. The molecule has 0 aliphatic carbocycles. The van der Waals surface area contributed by atoms with Gasteiger partial charge in [-0.1, -0.05) is 12.1 Å². The molecule has 0 spiro atoms. The lowest BCUT2D eigenvalue weighted by Crippen LogP contribution is -2.29. The molecule has 2 aromatic rings. The molecule has 124 valence electrons. The van der Waals surface area contributed by atoms with Crippen LogP contribution in [0.5, 0.6) is 0 Å². The van der Waals surface area contributed by atoms with Gasteiger partial charge in [0, 0.05) is 18.3 Å². The molecule has 0 fully saturated rings. The number of sulfonamides is 1. The van der Waals surface area contributed by atoms with E-state index in [0.717, 1.165) is 5.56 Å². The van der Waals surface area contributed by atoms with Crippen LogP contribution in [-0.4, -0.2) is 29.7 Å². The highest BCUT2D eigenvalue weighted by Gasteiger charge is 2.29. The summed E-state index contributed by atoms with van der Waals surface area (Å²) in [6.07, 6.45) is 3.46. The van der Waals surface area contributed by atoms with Crippen LogP contribution in [0, 0.1) is 30.9 Å². The Labute approximate surface area is 134 Å². The summed E-state index contributed by atoms with van der Waals surface area (Å²) in [6, 6.07) is 3.10. The van der Waals surface area contributed by atoms with E-state index in [9.17, 15) is 18.5 Å². The van der Waals surface area contributed by atoms with Crippen molar-refractivity contribution in [1.82, 2.24) is 14.5 Å². The normalized spacial score (nSPS) is 11.6. The van der Waals surface area contributed by atoms with Crippen LogP contribution in [0.15, 0.2) is 29.4 Å². The third-order valence-corrected chi connectivity index (χ3v) is 5.01. The maximum absolute atomic E-state index is 12.5. The number of hydrogen-bond donors (Lipinski definition) is 1. The van der Waals surface area contributed by atoms with Gasteiger partial charge in [0.05, 0.1) is 17.7 Å². The lowest BCUT2D eigenvalue weighted by Gasteiger charge is -2.11. The minimum atomic E-state index is -3.99. The van der Waals surface area contributed by atoms with Crippen LogP contribution in [0.2, 0.25) is 0 Å². The number of nitrogens with zero attached hydrogens (tertiary/aromatic N) is 3. The molecule has 23 heavy (non-hydrogen) atoms. The smallest absolute Gasteiger partial charge is 0.271 e. The van der Waals surface area contributed by atoms with Crippen molar-refractivity contribution in [3.05, 3.63) is 51.3 Å². The summed E-state index contributed by atoms with van der Waals surface area (Å²) in [6.45, 7) is 5.37. The van der Waals surface area contributed by atoms with Crippen LogP contribution >= 0.6 is 0 Å². The van der Waals surface area contributed by atoms with Gasteiger partial charge in [0.15, 0.2) is 4.90 Å². The number of benzene rings is 1. The summed E-state index contributed by atoms with van der Waals surface area (Å²) in [5, 5.41) is 15.3. The van der Waals surface area contributed by atoms with E-state index in [-0.39, 0.29) is 17.1 Å². The van der Waals surface area contributed by atoms with Gasteiger partial charge in [0.2, 0.25) is 10.0 Å². The van der Waals surface area contributed by atoms with Crippen molar-refractivity contribution in [1.29, 1.82) is 0 Å². The molecule has 2 rings (SSSR count). The van der Waals surface area contributed by atoms with Gasteiger partial charge in [-0.2, -0.15) is 5.10 Å². The van der Waals surface area contributed by atoms with Gasteiger partial charge in [-0.15, -0.1) is 0 Å². The SMILES string of the molecule is Cc1cnn(CCNS(=O)(=O)c2c(C)ccc(C)c2[N+](=O)[O-])c1. The molecule has 0 saturated heterocycles. The minimum absolute atomic E-state index is 0.0913. The Balaban J connectivity index is 2.26. The largest absolute Gasteiger partial charge is 0.292 e. The molecule has 8 nitrogen and oxygen atoms in total. The lowest BCUT2D eigenvalue weighted by molar-refractivity contribution is -0.388. The quantitative estimate of drug-likeness (QED) is 0.637. The molecule has 0 bridgehead atoms. The van der Waals surface area contributed by atoms with E-state index >= 15 is 0 Å². The predicted molar refractivity (Wildman–Crippen MR) is 84.7 cm³/mol. The zero-order valence-electron chi connectivity index (χ0n) is 13.1. The fourth-order valence-corrected chi connectivity index (χ4v) is 3.78. The number of aryl methyl sites for hydroxylation is 3. The van der Waals surface area contributed by atoms with Crippen LogP contribution in [0.3, 0.4) is 0 Å². The van der Waals surface area contributed by atoms with Gasteiger partial charge in [-0.25, -0.2) is 13.1 Å². The highest BCUT2D eigenvalue weighted by Crippen LogP contribution is 2.30. The van der Waals surface area contributed by atoms with Crippen LogP contribution in [0.1, 0.15) is 16.7 Å². The lowest BCUT2D eigenvalue weighted by atomic mass is 10.1. The maximum Gasteiger partial charge on any atom is 0.292 e. The van der Waals surface area contributed by atoms with Crippen molar-refractivity contribution in [2.24, 2.45) is 0 Å². The predicted octanol–water partition coefficient (Wildman–Crippen LogP) is 1.70. The molecule has 0 radical (unpaired) electrons. The summed E-state index contributed by atoms with van der Waals surface area (Å²) >= 11 is 0. The molecule has 1 aromatic heterocycles. The fraction of sp³-hybridized carbons (Fsp3) is 0.357. The third-order valence-electron chi connectivity index (χ3n) is 3.38. The second-order valence-electron chi connectivity index (χ2n) is 5.31. The van der Waals surface area contributed by atoms with E-state index in [1.807, 2.05) is 6.92 Å². The molecule has 0 amide bonds. The average molecular weight is 338 g/mol. The first kappa shape index (κ1) is 17.1. The number of nitro benzene ring substituents is 1. The average Bonchev–Trinajstić information content (AvgIpc) is 2.86. The Hall–Kier alpha value is -2.26. The molecular weight excluding hydrogens is 320 g/mol. The first-order valence-electron chi connectivity index (χ1n) is 6.95. The van der Waals surface area contributed by atoms with Crippen LogP contribution < -0.4 is 4.72 Å². The fourth-order valence-electron chi connectivity index (χ4n) is 2.29. The zero-order chi connectivity index (χ0) is 17.2. The maximum atomic E-state index is 12.5. The summed E-state index contributed by atoms with van der Waals surface area (Å²) in [5.74, 6) is 0. The van der Waals surface area contributed by atoms with Gasteiger partial charge in [0.1, 0.15) is 0 Å². The highest BCUT2D eigenvalue weighted by atomic mass is 32.2. The van der Waals surface area contributed by atoms with Crippen LogP contribution in [0.4, 0.5) is 5.69 Å². The molecule has 0 unspecified atom stereocenters. The second-order valence-corrected chi connectivity index (χ2v) is 7.02. The van der Waals surface area contributed by atoms with E-state index in [4.69, 9.17) is 0 Å². The molecule has 0 atom stereocenters. The Kier molecular flexibility index (Phi) is 4.81. The van der Waals surface area contributed by atoms with Crippen molar-refractivity contribution in [3.8, 4) is 0 Å². The molecule has 9 heteroatoms. The van der Waals surface area contributed by atoms with Crippen molar-refractivity contribution in [3.63, 3.8) is 0 Å². The monoisotopic (exact) mass is 338 g/mol. The van der Waals surface area contributed by atoms with Gasteiger partial charge < -0.3 is 0 Å². The molecule has 0 aliphatic rings. The van der Waals surface area contributed by atoms with Gasteiger partial charge >= 0.3 is 0 Å². The topological polar surface area (TPSA) is 107 Å². The van der Waals surface area contributed by atoms with E-state index in [0.29, 0.717) is 17.7 Å². The van der Waals surface area contributed by atoms with Crippen molar-refractivity contribution >= 4 is 15.7 Å². The van der Waals surface area contributed by atoms with E-state index in [2.05, 4.69) is 9.82 Å². The molecular formula is C14H18N4O4S.